The summed E-state index contributed by atoms with van der Waals surface area (Å²) in [6.45, 7) is 1.47. The van der Waals surface area contributed by atoms with Crippen molar-refractivity contribution in [1.82, 2.24) is 20.2 Å². The zero-order chi connectivity index (χ0) is 20.1. The normalized spacial score (nSPS) is 11.5. The third kappa shape index (κ3) is 4.44. The molecule has 2 aromatic carbocycles. The van der Waals surface area contributed by atoms with Gasteiger partial charge in [-0.25, -0.2) is 9.48 Å². The zero-order valence-corrected chi connectivity index (χ0v) is 15.8. The Balaban J connectivity index is 1.63. The molecular formula is C18H16ClN5O4. The molecule has 0 spiro atoms. The number of methoxy groups -OCH3 is 1. The van der Waals surface area contributed by atoms with Gasteiger partial charge < -0.3 is 14.8 Å². The summed E-state index contributed by atoms with van der Waals surface area (Å²) in [5.41, 5.74) is 1.35. The number of hydrogen-bond acceptors (Lipinski definition) is 7. The molecule has 1 amide bonds. The Bertz CT molecular complexity index is 976. The molecule has 0 aliphatic rings. The van der Waals surface area contributed by atoms with Crippen LogP contribution in [0.5, 0.6) is 5.75 Å². The predicted molar refractivity (Wildman–Crippen MR) is 101 cm³/mol. The molecule has 0 bridgehead atoms. The van der Waals surface area contributed by atoms with E-state index in [1.807, 2.05) is 0 Å². The molecule has 0 saturated carbocycles. The number of carbonyl (C=O) groups excluding carboxylic acids is 2. The van der Waals surface area contributed by atoms with Gasteiger partial charge in [-0.2, -0.15) is 0 Å². The van der Waals surface area contributed by atoms with Crippen molar-refractivity contribution in [1.29, 1.82) is 0 Å². The molecule has 1 N–H and O–H groups in total. The molecular weight excluding hydrogens is 386 g/mol. The average Bonchev–Trinajstić information content (AvgIpc) is 3.23. The maximum absolute atomic E-state index is 12.4. The van der Waals surface area contributed by atoms with Crippen LogP contribution in [0.3, 0.4) is 0 Å². The van der Waals surface area contributed by atoms with Crippen LogP contribution in [0.4, 0.5) is 5.69 Å². The minimum atomic E-state index is -1.03. The van der Waals surface area contributed by atoms with Crippen molar-refractivity contribution in [3.05, 3.63) is 59.4 Å². The quantitative estimate of drug-likeness (QED) is 0.632. The van der Waals surface area contributed by atoms with Gasteiger partial charge in [-0.3, -0.25) is 4.79 Å². The molecule has 9 nitrogen and oxygen atoms in total. The minimum absolute atomic E-state index is 0.289. The summed E-state index contributed by atoms with van der Waals surface area (Å²) >= 11 is 5.94. The van der Waals surface area contributed by atoms with Crippen molar-refractivity contribution < 1.29 is 19.1 Å². The van der Waals surface area contributed by atoms with Crippen LogP contribution < -0.4 is 10.1 Å². The number of halogens is 1. The first-order valence-electron chi connectivity index (χ1n) is 8.16. The standard InChI is InChI=1S/C18H16ClN5O4/c1-11(17(25)21-15-9-13(19)5-8-16(15)27-2)28-18(26)12-3-6-14(7-4-12)24-10-20-22-23-24/h3-11H,1-2H3,(H,21,25)/t11-/m0/s1. The highest BCUT2D eigenvalue weighted by Crippen LogP contribution is 2.27. The number of anilines is 1. The number of tetrazole rings is 1. The number of ether oxygens (including phenoxy) is 2. The highest BCUT2D eigenvalue weighted by Gasteiger charge is 2.20. The second kappa shape index (κ2) is 8.49. The number of nitrogens with zero attached hydrogens (tertiary/aromatic N) is 4. The summed E-state index contributed by atoms with van der Waals surface area (Å²) < 4.78 is 11.9. The first-order chi connectivity index (χ1) is 13.5. The molecule has 0 radical (unpaired) electrons. The average molecular weight is 402 g/mol. The second-order valence-electron chi connectivity index (χ2n) is 5.68. The lowest BCUT2D eigenvalue weighted by Gasteiger charge is -2.15. The van der Waals surface area contributed by atoms with Crippen molar-refractivity contribution >= 4 is 29.2 Å². The molecule has 1 atom stereocenters. The first-order valence-corrected chi connectivity index (χ1v) is 8.54. The Morgan fingerprint density at radius 1 is 1.18 bits per heavy atom. The van der Waals surface area contributed by atoms with Gasteiger partial charge in [-0.1, -0.05) is 11.6 Å². The lowest BCUT2D eigenvalue weighted by atomic mass is 10.2. The summed E-state index contributed by atoms with van der Waals surface area (Å²) in [6.07, 6.45) is 0.402. The fourth-order valence-corrected chi connectivity index (χ4v) is 2.50. The van der Waals surface area contributed by atoms with Crippen LogP contribution in [0.15, 0.2) is 48.8 Å². The minimum Gasteiger partial charge on any atom is -0.495 e. The Kier molecular flexibility index (Phi) is 5.85. The number of hydrogen-bond donors (Lipinski definition) is 1. The van der Waals surface area contributed by atoms with Crippen LogP contribution in [-0.2, 0) is 9.53 Å². The van der Waals surface area contributed by atoms with Gasteiger partial charge in [0.05, 0.1) is 24.0 Å². The van der Waals surface area contributed by atoms with Crippen molar-refractivity contribution in [2.24, 2.45) is 0 Å². The molecule has 0 aliphatic heterocycles. The van der Waals surface area contributed by atoms with E-state index in [2.05, 4.69) is 20.8 Å². The van der Waals surface area contributed by atoms with Crippen LogP contribution in [0.25, 0.3) is 5.69 Å². The van der Waals surface area contributed by atoms with Gasteiger partial charge in [-0.15, -0.1) is 5.10 Å². The van der Waals surface area contributed by atoms with Gasteiger partial charge in [0.15, 0.2) is 6.10 Å². The van der Waals surface area contributed by atoms with Gasteiger partial charge >= 0.3 is 5.97 Å². The smallest absolute Gasteiger partial charge is 0.338 e. The topological polar surface area (TPSA) is 108 Å². The number of carbonyl (C=O) groups is 2. The van der Waals surface area contributed by atoms with E-state index in [9.17, 15) is 9.59 Å². The summed E-state index contributed by atoms with van der Waals surface area (Å²) in [4.78, 5) is 24.6. The van der Waals surface area contributed by atoms with E-state index in [0.29, 0.717) is 22.1 Å². The maximum atomic E-state index is 12.4. The number of esters is 1. The van der Waals surface area contributed by atoms with Crippen LogP contribution in [0, 0.1) is 0 Å². The summed E-state index contributed by atoms with van der Waals surface area (Å²) in [7, 11) is 1.47. The maximum Gasteiger partial charge on any atom is 0.338 e. The van der Waals surface area contributed by atoms with Crippen LogP contribution in [-0.4, -0.2) is 45.3 Å². The van der Waals surface area contributed by atoms with E-state index in [1.165, 1.54) is 25.0 Å². The predicted octanol–water partition coefficient (Wildman–Crippen LogP) is 2.51. The summed E-state index contributed by atoms with van der Waals surface area (Å²) in [5, 5.41) is 13.9. The molecule has 3 aromatic rings. The van der Waals surface area contributed by atoms with Gasteiger partial charge in [0.2, 0.25) is 0 Å². The van der Waals surface area contributed by atoms with Gasteiger partial charge in [-0.05, 0) is 59.8 Å². The number of nitrogens with one attached hydrogen (secondary N) is 1. The fraction of sp³-hybridized carbons (Fsp3) is 0.167. The molecule has 0 saturated heterocycles. The van der Waals surface area contributed by atoms with E-state index in [0.717, 1.165) is 0 Å². The SMILES string of the molecule is COc1ccc(Cl)cc1NC(=O)[C@H](C)OC(=O)c1ccc(-n2cnnn2)cc1. The number of amides is 1. The third-order valence-electron chi connectivity index (χ3n) is 3.79. The number of aromatic nitrogens is 4. The summed E-state index contributed by atoms with van der Waals surface area (Å²) in [5.74, 6) is -0.710. The van der Waals surface area contributed by atoms with Crippen molar-refractivity contribution in [2.75, 3.05) is 12.4 Å². The fourth-order valence-electron chi connectivity index (χ4n) is 2.32. The molecule has 0 unspecified atom stereocenters. The van der Waals surface area contributed by atoms with Crippen LogP contribution in [0.2, 0.25) is 5.02 Å². The Hall–Kier alpha value is -3.46. The molecule has 144 valence electrons. The molecule has 1 heterocycles. The molecule has 3 rings (SSSR count). The van der Waals surface area contributed by atoms with Gasteiger partial charge in [0.1, 0.15) is 12.1 Å². The van der Waals surface area contributed by atoms with Crippen molar-refractivity contribution in [2.45, 2.75) is 13.0 Å². The highest BCUT2D eigenvalue weighted by atomic mass is 35.5. The molecule has 1 aromatic heterocycles. The van der Waals surface area contributed by atoms with E-state index in [-0.39, 0.29) is 5.56 Å². The van der Waals surface area contributed by atoms with Crippen molar-refractivity contribution in [3.8, 4) is 11.4 Å². The van der Waals surface area contributed by atoms with E-state index >= 15 is 0 Å². The molecule has 0 aliphatic carbocycles. The Morgan fingerprint density at radius 2 is 1.93 bits per heavy atom. The molecule has 28 heavy (non-hydrogen) atoms. The summed E-state index contributed by atoms with van der Waals surface area (Å²) in [6, 6.07) is 11.3. The van der Waals surface area contributed by atoms with Gasteiger partial charge in [0.25, 0.3) is 5.91 Å². The van der Waals surface area contributed by atoms with E-state index < -0.39 is 18.0 Å². The van der Waals surface area contributed by atoms with Gasteiger partial charge in [0, 0.05) is 5.02 Å². The van der Waals surface area contributed by atoms with E-state index in [4.69, 9.17) is 21.1 Å². The zero-order valence-electron chi connectivity index (χ0n) is 15.0. The highest BCUT2D eigenvalue weighted by molar-refractivity contribution is 6.31. The van der Waals surface area contributed by atoms with Crippen LogP contribution in [0.1, 0.15) is 17.3 Å². The second-order valence-corrected chi connectivity index (χ2v) is 6.12. The van der Waals surface area contributed by atoms with Crippen LogP contribution >= 0.6 is 11.6 Å². The molecule has 0 fully saturated rings. The first kappa shape index (κ1) is 19.3. The largest absolute Gasteiger partial charge is 0.495 e. The van der Waals surface area contributed by atoms with E-state index in [1.54, 1.807) is 42.5 Å². The number of benzene rings is 2. The lowest BCUT2D eigenvalue weighted by molar-refractivity contribution is -0.123. The lowest BCUT2D eigenvalue weighted by Crippen LogP contribution is -2.30. The Labute approximate surface area is 165 Å². The number of rotatable bonds is 6. The Morgan fingerprint density at radius 3 is 2.57 bits per heavy atom. The van der Waals surface area contributed by atoms with Crippen molar-refractivity contribution in [3.63, 3.8) is 0 Å². The molecule has 10 heteroatoms. The third-order valence-corrected chi connectivity index (χ3v) is 4.02. The monoisotopic (exact) mass is 401 g/mol.